The zero-order valence-electron chi connectivity index (χ0n) is 20.7. The summed E-state index contributed by atoms with van der Waals surface area (Å²) in [4.78, 5) is 4.77. The lowest BCUT2D eigenvalue weighted by atomic mass is 10.0. The zero-order chi connectivity index (χ0) is 26.5. The van der Waals surface area contributed by atoms with Crippen molar-refractivity contribution in [2.45, 2.75) is 20.1 Å². The van der Waals surface area contributed by atoms with E-state index in [0.717, 1.165) is 45.9 Å². The van der Waals surface area contributed by atoms with Crippen LogP contribution in [0.15, 0.2) is 97.2 Å². The Balaban J connectivity index is 1.29. The van der Waals surface area contributed by atoms with Gasteiger partial charge in [0.2, 0.25) is 0 Å². The molecule has 0 saturated carbocycles. The second-order valence-corrected chi connectivity index (χ2v) is 9.61. The molecule has 5 aromatic rings. The van der Waals surface area contributed by atoms with Crippen molar-refractivity contribution in [3.63, 3.8) is 0 Å². The number of aromatic nitrogens is 2. The van der Waals surface area contributed by atoms with Gasteiger partial charge in [0.25, 0.3) is 0 Å². The number of imidazole rings is 1. The molecule has 3 nitrogen and oxygen atoms in total. The highest BCUT2D eigenvalue weighted by Gasteiger charge is 2.11. The van der Waals surface area contributed by atoms with Crippen LogP contribution in [0.25, 0.3) is 34.5 Å². The molecule has 38 heavy (non-hydrogen) atoms. The molecule has 4 aromatic carbocycles. The third-order valence-electron chi connectivity index (χ3n) is 6.19. The SMILES string of the molecule is CCn1cc(-c2ccc(Cl)cc2Cl)nc1C=Cc1ccc(-c2ccc(OCc3ccccc3)c(F)c2)cc1. The van der Waals surface area contributed by atoms with Crippen molar-refractivity contribution in [3.8, 4) is 28.1 Å². The number of ether oxygens (including phenoxy) is 1. The molecule has 0 aliphatic rings. The Bertz CT molecular complexity index is 1580. The Hall–Kier alpha value is -3.86. The summed E-state index contributed by atoms with van der Waals surface area (Å²) < 4.78 is 22.4. The van der Waals surface area contributed by atoms with Crippen molar-refractivity contribution in [2.24, 2.45) is 0 Å². The van der Waals surface area contributed by atoms with E-state index in [0.29, 0.717) is 16.7 Å². The highest BCUT2D eigenvalue weighted by atomic mass is 35.5. The van der Waals surface area contributed by atoms with Crippen molar-refractivity contribution in [1.29, 1.82) is 0 Å². The zero-order valence-corrected chi connectivity index (χ0v) is 22.3. The predicted octanol–water partition coefficient (Wildman–Crippen LogP) is 9.43. The molecule has 0 amide bonds. The van der Waals surface area contributed by atoms with Crippen LogP contribution >= 0.6 is 23.2 Å². The molecule has 0 N–H and O–H groups in total. The molecule has 1 heterocycles. The Labute approximate surface area is 231 Å². The van der Waals surface area contributed by atoms with E-state index >= 15 is 0 Å². The fourth-order valence-corrected chi connectivity index (χ4v) is 4.64. The average molecular weight is 543 g/mol. The van der Waals surface area contributed by atoms with Gasteiger partial charge in [0.15, 0.2) is 11.6 Å². The first-order chi connectivity index (χ1) is 18.5. The normalized spacial score (nSPS) is 11.3. The minimum Gasteiger partial charge on any atom is -0.486 e. The first-order valence-corrected chi connectivity index (χ1v) is 13.0. The van der Waals surface area contributed by atoms with Gasteiger partial charge in [0.1, 0.15) is 12.4 Å². The van der Waals surface area contributed by atoms with Gasteiger partial charge >= 0.3 is 0 Å². The van der Waals surface area contributed by atoms with Crippen LogP contribution in [-0.4, -0.2) is 9.55 Å². The molecule has 1 aromatic heterocycles. The van der Waals surface area contributed by atoms with E-state index in [1.54, 1.807) is 12.1 Å². The van der Waals surface area contributed by atoms with Gasteiger partial charge in [-0.1, -0.05) is 89.9 Å². The Morgan fingerprint density at radius 3 is 2.34 bits per heavy atom. The number of aryl methyl sites for hydroxylation is 1. The number of hydrogen-bond donors (Lipinski definition) is 0. The summed E-state index contributed by atoms with van der Waals surface area (Å²) >= 11 is 12.4. The second-order valence-electron chi connectivity index (χ2n) is 8.77. The molecule has 0 spiro atoms. The molecule has 0 radical (unpaired) electrons. The van der Waals surface area contributed by atoms with E-state index < -0.39 is 0 Å². The number of hydrogen-bond acceptors (Lipinski definition) is 2. The van der Waals surface area contributed by atoms with Crippen LogP contribution in [0.2, 0.25) is 10.0 Å². The van der Waals surface area contributed by atoms with Gasteiger partial charge in [-0.2, -0.15) is 0 Å². The first kappa shape index (κ1) is 25.8. The van der Waals surface area contributed by atoms with Crippen LogP contribution in [0.4, 0.5) is 4.39 Å². The molecule has 6 heteroatoms. The maximum absolute atomic E-state index is 14.7. The minimum atomic E-state index is -0.384. The van der Waals surface area contributed by atoms with E-state index in [4.69, 9.17) is 32.9 Å². The number of halogens is 3. The lowest BCUT2D eigenvalue weighted by Gasteiger charge is -2.09. The number of rotatable bonds is 8. The fraction of sp³-hybridized carbons (Fsp3) is 0.0938. The summed E-state index contributed by atoms with van der Waals surface area (Å²) in [6, 6.07) is 28.1. The van der Waals surface area contributed by atoms with E-state index in [2.05, 4.69) is 11.5 Å². The Morgan fingerprint density at radius 1 is 0.868 bits per heavy atom. The molecular weight excluding hydrogens is 518 g/mol. The lowest BCUT2D eigenvalue weighted by molar-refractivity contribution is 0.290. The monoisotopic (exact) mass is 542 g/mol. The van der Waals surface area contributed by atoms with Crippen molar-refractivity contribution in [3.05, 3.63) is 130 Å². The van der Waals surface area contributed by atoms with Gasteiger partial charge in [-0.05, 0) is 65.6 Å². The summed E-state index contributed by atoms with van der Waals surface area (Å²) in [5.74, 6) is 0.680. The van der Waals surface area contributed by atoms with Crippen LogP contribution in [-0.2, 0) is 13.2 Å². The van der Waals surface area contributed by atoms with Crippen LogP contribution in [0.5, 0.6) is 5.75 Å². The second kappa shape index (κ2) is 11.7. The predicted molar refractivity (Wildman–Crippen MR) is 155 cm³/mol. The summed E-state index contributed by atoms with van der Waals surface area (Å²) in [6.45, 7) is 3.16. The maximum Gasteiger partial charge on any atom is 0.165 e. The maximum atomic E-state index is 14.7. The molecule has 0 atom stereocenters. The lowest BCUT2D eigenvalue weighted by Crippen LogP contribution is -1.97. The molecule has 190 valence electrons. The van der Waals surface area contributed by atoms with E-state index in [1.807, 2.05) is 91.1 Å². The first-order valence-electron chi connectivity index (χ1n) is 12.3. The molecular formula is C32H25Cl2FN2O. The van der Waals surface area contributed by atoms with E-state index in [-0.39, 0.29) is 11.6 Å². The van der Waals surface area contributed by atoms with Crippen molar-refractivity contribution < 1.29 is 9.13 Å². The third kappa shape index (κ3) is 5.99. The highest BCUT2D eigenvalue weighted by Crippen LogP contribution is 2.30. The molecule has 5 rings (SSSR count). The quantitative estimate of drug-likeness (QED) is 0.195. The topological polar surface area (TPSA) is 27.1 Å². The summed E-state index contributed by atoms with van der Waals surface area (Å²) in [5.41, 5.74) is 5.34. The van der Waals surface area contributed by atoms with Gasteiger partial charge in [-0.3, -0.25) is 0 Å². The highest BCUT2D eigenvalue weighted by molar-refractivity contribution is 6.36. The largest absolute Gasteiger partial charge is 0.486 e. The van der Waals surface area contributed by atoms with Gasteiger partial charge < -0.3 is 9.30 Å². The van der Waals surface area contributed by atoms with Crippen LogP contribution in [0.3, 0.4) is 0 Å². The van der Waals surface area contributed by atoms with Gasteiger partial charge in [-0.25, -0.2) is 9.37 Å². The van der Waals surface area contributed by atoms with Crippen LogP contribution in [0, 0.1) is 5.82 Å². The van der Waals surface area contributed by atoms with Crippen molar-refractivity contribution >= 4 is 35.4 Å². The van der Waals surface area contributed by atoms with Crippen LogP contribution in [0.1, 0.15) is 23.9 Å². The van der Waals surface area contributed by atoms with E-state index in [9.17, 15) is 4.39 Å². The molecule has 0 unspecified atom stereocenters. The van der Waals surface area contributed by atoms with Crippen molar-refractivity contribution in [1.82, 2.24) is 9.55 Å². The van der Waals surface area contributed by atoms with Gasteiger partial charge in [-0.15, -0.1) is 0 Å². The Kier molecular flexibility index (Phi) is 7.92. The fourth-order valence-electron chi connectivity index (χ4n) is 4.13. The summed E-state index contributed by atoms with van der Waals surface area (Å²) in [6.07, 6.45) is 5.97. The molecule has 0 aliphatic heterocycles. The Morgan fingerprint density at radius 2 is 1.63 bits per heavy atom. The third-order valence-corrected chi connectivity index (χ3v) is 6.74. The number of nitrogens with zero attached hydrogens (tertiary/aromatic N) is 2. The standard InChI is InChI=1S/C32H25Cl2FN2O/c1-2-37-20-30(27-15-14-26(33)19-28(27)34)36-32(37)17-10-22-8-11-24(12-9-22)25-13-16-31(29(35)18-25)38-21-23-6-4-3-5-7-23/h3-20H,2,21H2,1H3. The smallest absolute Gasteiger partial charge is 0.165 e. The van der Waals surface area contributed by atoms with Crippen molar-refractivity contribution in [2.75, 3.05) is 0 Å². The van der Waals surface area contributed by atoms with Crippen LogP contribution < -0.4 is 4.74 Å². The van der Waals surface area contributed by atoms with Gasteiger partial charge in [0, 0.05) is 23.3 Å². The summed E-state index contributed by atoms with van der Waals surface area (Å²) in [7, 11) is 0. The average Bonchev–Trinajstić information content (AvgIpc) is 3.35. The molecule has 0 aliphatic carbocycles. The molecule has 0 saturated heterocycles. The molecule has 0 bridgehead atoms. The number of benzene rings is 4. The minimum absolute atomic E-state index is 0.239. The van der Waals surface area contributed by atoms with Gasteiger partial charge in [0.05, 0.1) is 10.7 Å². The molecule has 0 fully saturated rings. The summed E-state index contributed by atoms with van der Waals surface area (Å²) in [5, 5.41) is 1.16. The van der Waals surface area contributed by atoms with E-state index in [1.165, 1.54) is 6.07 Å².